The highest BCUT2D eigenvalue weighted by Gasteiger charge is 2.25. The van der Waals surface area contributed by atoms with Crippen molar-refractivity contribution in [3.05, 3.63) is 23.5 Å². The van der Waals surface area contributed by atoms with Crippen LogP contribution in [0.15, 0.2) is 23.5 Å². The first-order chi connectivity index (χ1) is 7.06. The second-order valence-corrected chi connectivity index (χ2v) is 4.72. The first-order valence-corrected chi connectivity index (χ1v) is 6.20. The molecule has 84 valence electrons. The fourth-order valence-corrected chi connectivity index (χ4v) is 2.40. The van der Waals surface area contributed by atoms with Crippen molar-refractivity contribution >= 4 is 10.4 Å². The Morgan fingerprint density at radius 1 is 1.53 bits per heavy atom. The molecule has 1 heterocycles. The zero-order valence-electron chi connectivity index (χ0n) is 8.14. The van der Waals surface area contributed by atoms with Gasteiger partial charge in [0.2, 0.25) is 0 Å². The molecule has 2 rings (SSSR count). The molecule has 1 fully saturated rings. The van der Waals surface area contributed by atoms with Crippen LogP contribution in [0.4, 0.5) is 0 Å². The van der Waals surface area contributed by atoms with Gasteiger partial charge in [0.1, 0.15) is 5.76 Å². The van der Waals surface area contributed by atoms with E-state index >= 15 is 0 Å². The lowest BCUT2D eigenvalue weighted by atomic mass is 9.85. The maximum Gasteiger partial charge on any atom is 0.446 e. The minimum absolute atomic E-state index is 0.265. The van der Waals surface area contributed by atoms with Gasteiger partial charge >= 0.3 is 10.4 Å². The van der Waals surface area contributed by atoms with Gasteiger partial charge in [-0.05, 0) is 37.0 Å². The third-order valence-corrected chi connectivity index (χ3v) is 3.07. The minimum atomic E-state index is -4.41. The third kappa shape index (κ3) is 2.58. The first-order valence-electron chi connectivity index (χ1n) is 4.83. The van der Waals surface area contributed by atoms with Crippen LogP contribution in [0.3, 0.4) is 0 Å². The fraction of sp³-hybridized carbons (Fsp3) is 0.556. The fourth-order valence-electron chi connectivity index (χ4n) is 2.01. The molecule has 0 radical (unpaired) electrons. The Kier molecular flexibility index (Phi) is 2.81. The Balaban J connectivity index is 2.26. The van der Waals surface area contributed by atoms with Crippen LogP contribution in [0.5, 0.6) is 0 Å². The molecule has 1 unspecified atom stereocenters. The van der Waals surface area contributed by atoms with E-state index in [9.17, 15) is 8.42 Å². The molecule has 0 aromatic carbocycles. The van der Waals surface area contributed by atoms with Gasteiger partial charge in [0.15, 0.2) is 0 Å². The molecule has 6 heteroatoms. The van der Waals surface area contributed by atoms with E-state index in [1.54, 1.807) is 6.08 Å². The van der Waals surface area contributed by atoms with Gasteiger partial charge in [-0.15, -0.1) is 0 Å². The van der Waals surface area contributed by atoms with Crippen LogP contribution in [0.2, 0.25) is 0 Å². The summed E-state index contributed by atoms with van der Waals surface area (Å²) in [6, 6.07) is 0. The highest BCUT2D eigenvalue weighted by Crippen LogP contribution is 2.30. The van der Waals surface area contributed by atoms with Crippen LogP contribution < -0.4 is 5.32 Å². The van der Waals surface area contributed by atoms with E-state index in [0.29, 0.717) is 12.5 Å². The molecule has 2 aliphatic rings. The predicted molar refractivity (Wildman–Crippen MR) is 54.4 cm³/mol. The van der Waals surface area contributed by atoms with Crippen LogP contribution in [0.1, 0.15) is 12.8 Å². The lowest BCUT2D eigenvalue weighted by Crippen LogP contribution is -2.32. The average molecular weight is 231 g/mol. The Labute approximate surface area is 88.8 Å². The van der Waals surface area contributed by atoms with Crippen molar-refractivity contribution in [3.63, 3.8) is 0 Å². The number of rotatable bonds is 2. The van der Waals surface area contributed by atoms with Gasteiger partial charge in [-0.1, -0.05) is 6.08 Å². The summed E-state index contributed by atoms with van der Waals surface area (Å²) < 4.78 is 34.4. The van der Waals surface area contributed by atoms with E-state index in [4.69, 9.17) is 4.55 Å². The number of nitrogens with one attached hydrogen (secondary N) is 1. The molecular weight excluding hydrogens is 218 g/mol. The van der Waals surface area contributed by atoms with Crippen LogP contribution in [-0.2, 0) is 14.6 Å². The van der Waals surface area contributed by atoms with Gasteiger partial charge < -0.3 is 9.50 Å². The second kappa shape index (κ2) is 3.96. The van der Waals surface area contributed by atoms with Crippen molar-refractivity contribution in [2.24, 2.45) is 5.92 Å². The molecule has 1 aliphatic carbocycles. The summed E-state index contributed by atoms with van der Waals surface area (Å²) in [5.74, 6) is 0.606. The van der Waals surface area contributed by atoms with E-state index in [2.05, 4.69) is 9.50 Å². The number of hydrogen-bond acceptors (Lipinski definition) is 4. The quantitative estimate of drug-likeness (QED) is 0.682. The van der Waals surface area contributed by atoms with Gasteiger partial charge in [-0.2, -0.15) is 8.42 Å². The molecule has 0 saturated carbocycles. The normalized spacial score (nSPS) is 26.3. The number of piperidine rings is 1. The average Bonchev–Trinajstić information content (AvgIpc) is 2.16. The maximum atomic E-state index is 10.6. The molecule has 0 amide bonds. The Morgan fingerprint density at radius 2 is 2.33 bits per heavy atom. The van der Waals surface area contributed by atoms with Crippen molar-refractivity contribution in [1.29, 1.82) is 0 Å². The van der Waals surface area contributed by atoms with Crippen molar-refractivity contribution in [3.8, 4) is 0 Å². The van der Waals surface area contributed by atoms with E-state index in [0.717, 1.165) is 25.0 Å². The zero-order chi connectivity index (χ0) is 10.9. The van der Waals surface area contributed by atoms with Crippen molar-refractivity contribution in [2.45, 2.75) is 12.8 Å². The molecule has 5 nitrogen and oxygen atoms in total. The first kappa shape index (κ1) is 10.7. The summed E-state index contributed by atoms with van der Waals surface area (Å²) in [4.78, 5) is 0. The number of hydrogen-bond donors (Lipinski definition) is 2. The monoisotopic (exact) mass is 231 g/mol. The molecule has 1 atom stereocenters. The van der Waals surface area contributed by atoms with Crippen LogP contribution in [-0.4, -0.2) is 26.1 Å². The van der Waals surface area contributed by atoms with Crippen LogP contribution >= 0.6 is 0 Å². The van der Waals surface area contributed by atoms with Gasteiger partial charge in [0.05, 0.1) is 0 Å². The molecular formula is C9H13NO4S. The minimum Gasteiger partial charge on any atom is -0.362 e. The summed E-state index contributed by atoms with van der Waals surface area (Å²) >= 11 is 0. The number of fused-ring (bicyclic) bond motifs is 1. The third-order valence-electron chi connectivity index (χ3n) is 2.68. The van der Waals surface area contributed by atoms with Gasteiger partial charge in [0.25, 0.3) is 0 Å². The maximum absolute atomic E-state index is 10.6. The molecule has 0 aromatic heterocycles. The van der Waals surface area contributed by atoms with E-state index in [1.807, 2.05) is 6.08 Å². The molecule has 0 spiro atoms. The second-order valence-electron chi connectivity index (χ2n) is 3.70. The summed E-state index contributed by atoms with van der Waals surface area (Å²) in [6.07, 6.45) is 5.36. The van der Waals surface area contributed by atoms with Crippen molar-refractivity contribution < 1.29 is 17.2 Å². The van der Waals surface area contributed by atoms with Crippen molar-refractivity contribution in [2.75, 3.05) is 13.1 Å². The van der Waals surface area contributed by atoms with Crippen molar-refractivity contribution in [1.82, 2.24) is 5.32 Å². The zero-order valence-corrected chi connectivity index (χ0v) is 8.96. The number of allylic oxidation sites excluding steroid dienone is 2. The Morgan fingerprint density at radius 3 is 3.07 bits per heavy atom. The Bertz CT molecular complexity index is 410. The summed E-state index contributed by atoms with van der Waals surface area (Å²) in [5.41, 5.74) is 0.932. The molecule has 0 bridgehead atoms. The van der Waals surface area contributed by atoms with Gasteiger partial charge in [-0.25, -0.2) is 0 Å². The van der Waals surface area contributed by atoms with Crippen LogP contribution in [0, 0.1) is 5.92 Å². The summed E-state index contributed by atoms with van der Waals surface area (Å²) in [6.45, 7) is 1.56. The molecule has 0 aromatic rings. The van der Waals surface area contributed by atoms with E-state index < -0.39 is 10.4 Å². The molecule has 2 N–H and O–H groups in total. The smallest absolute Gasteiger partial charge is 0.362 e. The summed E-state index contributed by atoms with van der Waals surface area (Å²) in [7, 11) is -4.41. The SMILES string of the molecule is O=S(=O)(O)OC1=C2CNCCC2CC=C1. The summed E-state index contributed by atoms with van der Waals surface area (Å²) in [5, 5.41) is 3.15. The standard InChI is InChI=1S/C9H13NO4S/c11-15(12,13)14-9-3-1-2-7-4-5-10-6-8(7)9/h1,3,7,10H,2,4-6H2,(H,11,12,13). The lowest BCUT2D eigenvalue weighted by molar-refractivity contribution is 0.324. The van der Waals surface area contributed by atoms with Gasteiger partial charge in [0, 0.05) is 6.54 Å². The highest BCUT2D eigenvalue weighted by atomic mass is 32.3. The topological polar surface area (TPSA) is 75.6 Å². The molecule has 1 aliphatic heterocycles. The molecule has 15 heavy (non-hydrogen) atoms. The lowest BCUT2D eigenvalue weighted by Gasteiger charge is -2.28. The molecule has 1 saturated heterocycles. The van der Waals surface area contributed by atoms with Crippen LogP contribution in [0.25, 0.3) is 0 Å². The van der Waals surface area contributed by atoms with Gasteiger partial charge in [-0.3, -0.25) is 4.55 Å². The van der Waals surface area contributed by atoms with E-state index in [1.165, 1.54) is 0 Å². The van der Waals surface area contributed by atoms with E-state index in [-0.39, 0.29) is 5.76 Å². The highest BCUT2D eigenvalue weighted by molar-refractivity contribution is 7.81. The Hall–Kier alpha value is -0.850. The predicted octanol–water partition coefficient (Wildman–Crippen LogP) is 0.629. The largest absolute Gasteiger partial charge is 0.446 e.